The summed E-state index contributed by atoms with van der Waals surface area (Å²) in [6.07, 6.45) is 1.61. The molecule has 0 spiro atoms. The van der Waals surface area contributed by atoms with Crippen LogP contribution in [0.4, 0.5) is 5.82 Å². The lowest BCUT2D eigenvalue weighted by Crippen LogP contribution is -2.34. The summed E-state index contributed by atoms with van der Waals surface area (Å²) in [6.45, 7) is 3.77. The average Bonchev–Trinajstić information content (AvgIpc) is 2.63. The molecule has 100 valence electrons. The van der Waals surface area contributed by atoms with Crippen molar-refractivity contribution in [3.05, 3.63) is 12.3 Å². The van der Waals surface area contributed by atoms with Gasteiger partial charge in [-0.15, -0.1) is 0 Å². The van der Waals surface area contributed by atoms with E-state index in [0.29, 0.717) is 5.82 Å². The van der Waals surface area contributed by atoms with Gasteiger partial charge in [0, 0.05) is 12.1 Å². The van der Waals surface area contributed by atoms with Gasteiger partial charge in [-0.2, -0.15) is 5.10 Å². The van der Waals surface area contributed by atoms with Gasteiger partial charge < -0.3 is 10.4 Å². The highest BCUT2D eigenvalue weighted by molar-refractivity contribution is 5.91. The molecule has 0 aromatic carbocycles. The minimum atomic E-state index is -0.961. The van der Waals surface area contributed by atoms with Crippen LogP contribution in [0.5, 0.6) is 0 Å². The molecule has 1 rings (SSSR count). The lowest BCUT2D eigenvalue weighted by atomic mass is 10.4. The van der Waals surface area contributed by atoms with E-state index in [2.05, 4.69) is 10.4 Å². The summed E-state index contributed by atoms with van der Waals surface area (Å²) in [6, 6.07) is 1.85. The Labute approximate surface area is 105 Å². The van der Waals surface area contributed by atoms with Crippen molar-refractivity contribution >= 4 is 17.7 Å². The van der Waals surface area contributed by atoms with Crippen molar-refractivity contribution in [3.8, 4) is 0 Å². The van der Waals surface area contributed by atoms with E-state index in [0.717, 1.165) is 0 Å². The number of nitrogens with one attached hydrogen (secondary N) is 1. The molecule has 2 N–H and O–H groups in total. The molecule has 18 heavy (non-hydrogen) atoms. The summed E-state index contributed by atoms with van der Waals surface area (Å²) in [5.41, 5.74) is 0. The molecule has 0 radical (unpaired) electrons. The smallest absolute Gasteiger partial charge is 0.317 e. The number of hydrogen-bond donors (Lipinski definition) is 2. The number of hydrogen-bond acceptors (Lipinski definition) is 4. The third kappa shape index (κ3) is 4.17. The van der Waals surface area contributed by atoms with E-state index in [-0.39, 0.29) is 25.0 Å². The average molecular weight is 254 g/mol. The summed E-state index contributed by atoms with van der Waals surface area (Å²) in [7, 11) is 1.58. The van der Waals surface area contributed by atoms with Crippen molar-refractivity contribution in [2.75, 3.05) is 25.5 Å². The Morgan fingerprint density at radius 3 is 2.72 bits per heavy atom. The van der Waals surface area contributed by atoms with Crippen molar-refractivity contribution < 1.29 is 14.7 Å². The van der Waals surface area contributed by atoms with Crippen LogP contribution in [-0.2, 0) is 9.59 Å². The Balaban J connectivity index is 2.54. The van der Waals surface area contributed by atoms with Crippen LogP contribution in [0.1, 0.15) is 19.9 Å². The molecule has 0 aliphatic rings. The van der Waals surface area contributed by atoms with E-state index in [4.69, 9.17) is 5.11 Å². The Bertz CT molecular complexity index is 428. The van der Waals surface area contributed by atoms with Crippen LogP contribution in [0.2, 0.25) is 0 Å². The van der Waals surface area contributed by atoms with Crippen molar-refractivity contribution in [2.24, 2.45) is 0 Å². The maximum atomic E-state index is 11.7. The molecule has 0 saturated heterocycles. The summed E-state index contributed by atoms with van der Waals surface area (Å²) >= 11 is 0. The van der Waals surface area contributed by atoms with Gasteiger partial charge in [0.05, 0.1) is 19.3 Å². The van der Waals surface area contributed by atoms with Crippen LogP contribution < -0.4 is 5.32 Å². The van der Waals surface area contributed by atoms with Crippen LogP contribution in [-0.4, -0.2) is 51.8 Å². The molecule has 0 aliphatic heterocycles. The SMILES string of the molecule is CC(C)n1nccc1NC(=O)CN(C)CC(=O)O. The summed E-state index contributed by atoms with van der Waals surface area (Å²) in [5, 5.41) is 15.4. The molecule has 1 aromatic heterocycles. The fourth-order valence-electron chi connectivity index (χ4n) is 1.54. The maximum Gasteiger partial charge on any atom is 0.317 e. The fourth-order valence-corrected chi connectivity index (χ4v) is 1.54. The number of carboxylic acid groups (broad SMARTS) is 1. The first-order valence-corrected chi connectivity index (χ1v) is 5.64. The standard InChI is InChI=1S/C11H18N4O3/c1-8(2)15-9(4-5-12-15)13-10(16)6-14(3)7-11(17)18/h4-5,8H,6-7H2,1-3H3,(H,13,16)(H,17,18). The van der Waals surface area contributed by atoms with Gasteiger partial charge in [-0.25, -0.2) is 4.68 Å². The van der Waals surface area contributed by atoms with Crippen molar-refractivity contribution in [1.82, 2.24) is 14.7 Å². The largest absolute Gasteiger partial charge is 0.480 e. The van der Waals surface area contributed by atoms with E-state index in [1.165, 1.54) is 4.90 Å². The van der Waals surface area contributed by atoms with Gasteiger partial charge in [0.2, 0.25) is 5.91 Å². The minimum Gasteiger partial charge on any atom is -0.480 e. The van der Waals surface area contributed by atoms with E-state index in [9.17, 15) is 9.59 Å². The highest BCUT2D eigenvalue weighted by Crippen LogP contribution is 2.12. The van der Waals surface area contributed by atoms with Gasteiger partial charge >= 0.3 is 5.97 Å². The first-order valence-electron chi connectivity index (χ1n) is 5.64. The zero-order chi connectivity index (χ0) is 13.7. The van der Waals surface area contributed by atoms with Crippen LogP contribution in [0.3, 0.4) is 0 Å². The van der Waals surface area contributed by atoms with Crippen LogP contribution in [0.25, 0.3) is 0 Å². The van der Waals surface area contributed by atoms with Gasteiger partial charge in [-0.3, -0.25) is 14.5 Å². The molecule has 1 aromatic rings. The van der Waals surface area contributed by atoms with Crippen molar-refractivity contribution in [1.29, 1.82) is 0 Å². The molecule has 0 saturated carbocycles. The molecular formula is C11H18N4O3. The number of likely N-dealkylation sites (N-methyl/N-ethyl adjacent to an activating group) is 1. The summed E-state index contributed by atoms with van der Waals surface area (Å²) in [5.74, 6) is -0.614. The molecule has 0 bridgehead atoms. The van der Waals surface area contributed by atoms with Gasteiger partial charge in [0.1, 0.15) is 5.82 Å². The molecule has 0 atom stereocenters. The molecule has 1 heterocycles. The minimum absolute atomic E-state index is 0.0234. The monoisotopic (exact) mass is 254 g/mol. The maximum absolute atomic E-state index is 11.7. The molecular weight excluding hydrogens is 236 g/mol. The topological polar surface area (TPSA) is 87.5 Å². The van der Waals surface area contributed by atoms with E-state index in [1.54, 1.807) is 24.0 Å². The molecule has 0 aliphatic carbocycles. The van der Waals surface area contributed by atoms with Crippen LogP contribution in [0, 0.1) is 0 Å². The van der Waals surface area contributed by atoms with Gasteiger partial charge in [0.15, 0.2) is 0 Å². The Morgan fingerprint density at radius 1 is 1.50 bits per heavy atom. The molecule has 0 fully saturated rings. The number of carbonyl (C=O) groups excluding carboxylic acids is 1. The summed E-state index contributed by atoms with van der Waals surface area (Å²) < 4.78 is 1.69. The second-order valence-electron chi connectivity index (χ2n) is 4.37. The number of amides is 1. The lowest BCUT2D eigenvalue weighted by molar-refractivity contribution is -0.138. The van der Waals surface area contributed by atoms with Crippen LogP contribution >= 0.6 is 0 Å². The second-order valence-corrected chi connectivity index (χ2v) is 4.37. The number of aliphatic carboxylic acids is 1. The fraction of sp³-hybridized carbons (Fsp3) is 0.545. The summed E-state index contributed by atoms with van der Waals surface area (Å²) in [4.78, 5) is 23.6. The highest BCUT2D eigenvalue weighted by Gasteiger charge is 2.12. The number of nitrogens with zero attached hydrogens (tertiary/aromatic N) is 3. The predicted octanol–water partition coefficient (Wildman–Crippen LogP) is 0.419. The molecule has 0 unspecified atom stereocenters. The third-order valence-electron chi connectivity index (χ3n) is 2.25. The van der Waals surface area contributed by atoms with Gasteiger partial charge in [-0.05, 0) is 20.9 Å². The van der Waals surface area contributed by atoms with Gasteiger partial charge in [-0.1, -0.05) is 0 Å². The lowest BCUT2D eigenvalue weighted by Gasteiger charge is -2.15. The first kappa shape index (κ1) is 14.2. The molecule has 7 nitrogen and oxygen atoms in total. The predicted molar refractivity (Wildman–Crippen MR) is 66.4 cm³/mol. The van der Waals surface area contributed by atoms with Crippen molar-refractivity contribution in [3.63, 3.8) is 0 Å². The number of rotatable bonds is 6. The van der Waals surface area contributed by atoms with Crippen molar-refractivity contribution in [2.45, 2.75) is 19.9 Å². The number of aromatic nitrogens is 2. The zero-order valence-electron chi connectivity index (χ0n) is 10.8. The van der Waals surface area contributed by atoms with E-state index < -0.39 is 5.97 Å². The second kappa shape index (κ2) is 6.15. The normalized spacial score (nSPS) is 10.9. The zero-order valence-corrected chi connectivity index (χ0v) is 10.8. The Morgan fingerprint density at radius 2 is 2.17 bits per heavy atom. The first-order chi connectivity index (χ1) is 8.40. The van der Waals surface area contributed by atoms with Crippen LogP contribution in [0.15, 0.2) is 12.3 Å². The van der Waals surface area contributed by atoms with E-state index in [1.807, 2.05) is 13.8 Å². The number of anilines is 1. The third-order valence-corrected chi connectivity index (χ3v) is 2.25. The Hall–Kier alpha value is -1.89. The quantitative estimate of drug-likeness (QED) is 0.768. The molecule has 7 heteroatoms. The highest BCUT2D eigenvalue weighted by atomic mass is 16.4. The molecule has 1 amide bonds. The number of carboxylic acids is 1. The number of carbonyl (C=O) groups is 2. The van der Waals surface area contributed by atoms with E-state index >= 15 is 0 Å². The van der Waals surface area contributed by atoms with Gasteiger partial charge in [0.25, 0.3) is 0 Å². The Kier molecular flexibility index (Phi) is 4.85.